The average Bonchev–Trinajstić information content (AvgIpc) is 2.99. The molecule has 0 unspecified atom stereocenters. The maximum Gasteiger partial charge on any atom is 0.248 e. The van der Waals surface area contributed by atoms with E-state index in [-0.39, 0.29) is 36.6 Å². The molecule has 3 amide bonds. The van der Waals surface area contributed by atoms with E-state index in [9.17, 15) is 14.4 Å². The predicted molar refractivity (Wildman–Crippen MR) is 165 cm³/mol. The molecule has 8 heteroatoms. The van der Waals surface area contributed by atoms with Gasteiger partial charge < -0.3 is 15.4 Å². The van der Waals surface area contributed by atoms with Crippen molar-refractivity contribution in [1.29, 1.82) is 0 Å². The van der Waals surface area contributed by atoms with Crippen LogP contribution in [0, 0.1) is 13.8 Å². The summed E-state index contributed by atoms with van der Waals surface area (Å²) < 4.78 is 5.64. The number of hydrogen-bond donors (Lipinski definition) is 2. The van der Waals surface area contributed by atoms with E-state index >= 15 is 0 Å². The van der Waals surface area contributed by atoms with E-state index < -0.39 is 6.04 Å². The van der Waals surface area contributed by atoms with Gasteiger partial charge in [0.15, 0.2) is 0 Å². The van der Waals surface area contributed by atoms with Crippen LogP contribution in [0.4, 0.5) is 11.5 Å². The third-order valence-corrected chi connectivity index (χ3v) is 7.58. The summed E-state index contributed by atoms with van der Waals surface area (Å²) in [7, 11) is 0. The largest absolute Gasteiger partial charge is 0.494 e. The molecule has 222 valence electrons. The summed E-state index contributed by atoms with van der Waals surface area (Å²) in [4.78, 5) is 46.5. The number of carbonyl (C=O) groups excluding carboxylic acids is 3. The number of benzene rings is 2. The molecule has 1 aliphatic rings. The summed E-state index contributed by atoms with van der Waals surface area (Å²) in [5.41, 5.74) is 3.27. The first-order chi connectivity index (χ1) is 20.4. The second-order valence-electron chi connectivity index (χ2n) is 10.9. The Kier molecular flexibility index (Phi) is 11.1. The van der Waals surface area contributed by atoms with Crippen molar-refractivity contribution in [3.63, 3.8) is 0 Å². The summed E-state index contributed by atoms with van der Waals surface area (Å²) >= 11 is 0. The van der Waals surface area contributed by atoms with E-state index in [1.807, 2.05) is 63.2 Å². The lowest BCUT2D eigenvalue weighted by atomic mass is 9.94. The van der Waals surface area contributed by atoms with E-state index in [2.05, 4.69) is 15.6 Å². The molecule has 42 heavy (non-hydrogen) atoms. The summed E-state index contributed by atoms with van der Waals surface area (Å²) in [6.45, 7) is 6.38. The lowest BCUT2D eigenvalue weighted by Gasteiger charge is -2.34. The Hall–Kier alpha value is -4.20. The summed E-state index contributed by atoms with van der Waals surface area (Å²) in [6, 6.07) is 17.8. The van der Waals surface area contributed by atoms with Crippen LogP contribution in [0.5, 0.6) is 5.75 Å². The summed E-state index contributed by atoms with van der Waals surface area (Å²) in [5.74, 6) is 0.551. The van der Waals surface area contributed by atoms with Crippen LogP contribution in [0.3, 0.4) is 0 Å². The zero-order valence-electron chi connectivity index (χ0n) is 24.9. The van der Waals surface area contributed by atoms with Crippen LogP contribution in [0.1, 0.15) is 81.0 Å². The summed E-state index contributed by atoms with van der Waals surface area (Å²) in [6.07, 6.45) is 7.42. The zero-order valence-corrected chi connectivity index (χ0v) is 24.9. The lowest BCUT2D eigenvalue weighted by molar-refractivity contribution is -0.127. The van der Waals surface area contributed by atoms with Gasteiger partial charge in [-0.1, -0.05) is 49.6 Å². The number of carbonyl (C=O) groups is 3. The third-order valence-electron chi connectivity index (χ3n) is 7.58. The van der Waals surface area contributed by atoms with Gasteiger partial charge in [0.1, 0.15) is 17.6 Å². The quantitative estimate of drug-likeness (QED) is 0.261. The molecule has 4 rings (SSSR count). The molecule has 0 spiro atoms. The molecule has 3 aromatic rings. The van der Waals surface area contributed by atoms with Crippen LogP contribution >= 0.6 is 0 Å². The van der Waals surface area contributed by atoms with Crippen molar-refractivity contribution >= 4 is 29.2 Å². The van der Waals surface area contributed by atoms with Gasteiger partial charge in [0, 0.05) is 30.8 Å². The van der Waals surface area contributed by atoms with Crippen LogP contribution < -0.4 is 20.3 Å². The van der Waals surface area contributed by atoms with Crippen molar-refractivity contribution in [1.82, 2.24) is 10.3 Å². The van der Waals surface area contributed by atoms with E-state index in [1.54, 1.807) is 29.3 Å². The van der Waals surface area contributed by atoms with E-state index in [0.29, 0.717) is 35.8 Å². The molecule has 1 aliphatic carbocycles. The molecular formula is C34H42N4O4. The Morgan fingerprint density at radius 1 is 0.976 bits per heavy atom. The molecule has 0 bridgehead atoms. The molecule has 1 atom stereocenters. The molecule has 1 saturated carbocycles. The number of nitrogens with zero attached hydrogens (tertiary/aromatic N) is 2. The Balaban J connectivity index is 1.63. The Morgan fingerprint density at radius 2 is 1.74 bits per heavy atom. The number of nitrogens with one attached hydrogen (secondary N) is 2. The highest BCUT2D eigenvalue weighted by molar-refractivity contribution is 6.02. The van der Waals surface area contributed by atoms with Crippen LogP contribution in [0.2, 0.25) is 0 Å². The van der Waals surface area contributed by atoms with Gasteiger partial charge in [-0.25, -0.2) is 4.98 Å². The average molecular weight is 571 g/mol. The van der Waals surface area contributed by atoms with Gasteiger partial charge in [0.25, 0.3) is 0 Å². The molecule has 2 aromatic carbocycles. The number of ether oxygens (including phenoxy) is 1. The molecule has 8 nitrogen and oxygen atoms in total. The standard InChI is InChI=1S/C34H42N4O4/c1-4-42-28-20-18-26(19-21-28)33(34(41)36-27-11-6-5-7-12-27)38(29-23-24(2)16-17-25(29)3)32(40)15-10-14-31(39)37-30-13-8-9-22-35-30/h8-9,13,16-23,27,33H,4-7,10-12,14-15H2,1-3H3,(H,36,41)(H,35,37,39)/t33-/m0/s1. The van der Waals surface area contributed by atoms with Gasteiger partial charge in [0.2, 0.25) is 17.7 Å². The predicted octanol–water partition coefficient (Wildman–Crippen LogP) is 6.43. The number of rotatable bonds is 12. The fraction of sp³-hybridized carbons (Fsp3) is 0.412. The highest BCUT2D eigenvalue weighted by atomic mass is 16.5. The number of pyridine rings is 1. The van der Waals surface area contributed by atoms with Crippen LogP contribution in [0.15, 0.2) is 66.9 Å². The van der Waals surface area contributed by atoms with Crippen LogP contribution in [-0.4, -0.2) is 35.4 Å². The number of amides is 3. The van der Waals surface area contributed by atoms with E-state index in [4.69, 9.17) is 4.74 Å². The third kappa shape index (κ3) is 8.41. The van der Waals surface area contributed by atoms with Gasteiger partial charge in [-0.15, -0.1) is 0 Å². The zero-order chi connectivity index (χ0) is 29.9. The fourth-order valence-electron chi connectivity index (χ4n) is 5.42. The molecule has 0 aliphatic heterocycles. The molecule has 1 aromatic heterocycles. The normalized spacial score (nSPS) is 14.1. The van der Waals surface area contributed by atoms with Crippen molar-refractivity contribution in [3.05, 3.63) is 83.6 Å². The van der Waals surface area contributed by atoms with Crippen molar-refractivity contribution in [2.45, 2.75) is 84.2 Å². The van der Waals surface area contributed by atoms with Crippen molar-refractivity contribution in [2.75, 3.05) is 16.8 Å². The van der Waals surface area contributed by atoms with Gasteiger partial charge in [-0.2, -0.15) is 0 Å². The highest BCUT2D eigenvalue weighted by Crippen LogP contribution is 2.33. The molecular weight excluding hydrogens is 528 g/mol. The highest BCUT2D eigenvalue weighted by Gasteiger charge is 2.34. The Morgan fingerprint density at radius 3 is 2.43 bits per heavy atom. The topological polar surface area (TPSA) is 101 Å². The van der Waals surface area contributed by atoms with Gasteiger partial charge in [0.05, 0.1) is 6.61 Å². The summed E-state index contributed by atoms with van der Waals surface area (Å²) in [5, 5.41) is 6.03. The number of hydrogen-bond acceptors (Lipinski definition) is 5. The minimum absolute atomic E-state index is 0.0855. The molecule has 0 radical (unpaired) electrons. The Labute approximate surface area is 248 Å². The molecule has 0 saturated heterocycles. The van der Waals surface area contributed by atoms with Crippen molar-refractivity contribution in [3.8, 4) is 5.75 Å². The lowest BCUT2D eigenvalue weighted by Crippen LogP contribution is -2.47. The first-order valence-corrected chi connectivity index (χ1v) is 15.0. The van der Waals surface area contributed by atoms with Crippen LogP contribution in [-0.2, 0) is 14.4 Å². The van der Waals surface area contributed by atoms with Crippen molar-refractivity contribution < 1.29 is 19.1 Å². The smallest absolute Gasteiger partial charge is 0.248 e. The minimum Gasteiger partial charge on any atom is -0.494 e. The number of aromatic nitrogens is 1. The van der Waals surface area contributed by atoms with Gasteiger partial charge >= 0.3 is 0 Å². The molecule has 1 fully saturated rings. The maximum absolute atomic E-state index is 14.1. The second kappa shape index (κ2) is 15.1. The molecule has 2 N–H and O–H groups in total. The number of aryl methyl sites for hydroxylation is 2. The molecule has 1 heterocycles. The maximum atomic E-state index is 14.1. The van der Waals surface area contributed by atoms with E-state index in [1.165, 1.54) is 6.42 Å². The van der Waals surface area contributed by atoms with Gasteiger partial charge in [-0.05, 0) is 87.1 Å². The fourth-order valence-corrected chi connectivity index (χ4v) is 5.42. The van der Waals surface area contributed by atoms with Gasteiger partial charge in [-0.3, -0.25) is 19.3 Å². The second-order valence-corrected chi connectivity index (χ2v) is 10.9. The van der Waals surface area contributed by atoms with Crippen molar-refractivity contribution in [2.24, 2.45) is 0 Å². The Bertz CT molecular complexity index is 1340. The first-order valence-electron chi connectivity index (χ1n) is 15.0. The van der Waals surface area contributed by atoms with E-state index in [0.717, 1.165) is 36.8 Å². The SMILES string of the molecule is CCOc1ccc([C@@H](C(=O)NC2CCCCC2)N(C(=O)CCCC(=O)Nc2ccccn2)c2cc(C)ccc2C)cc1. The first kappa shape index (κ1) is 30.8. The number of anilines is 2. The minimum atomic E-state index is -0.877. The van der Waals surface area contributed by atoms with Crippen LogP contribution in [0.25, 0.3) is 0 Å². The monoisotopic (exact) mass is 570 g/mol.